The predicted molar refractivity (Wildman–Crippen MR) is 137 cm³/mol. The highest BCUT2D eigenvalue weighted by atomic mass is 35.5. The number of nitrogens with one attached hydrogen (secondary N) is 2. The molecule has 2 saturated heterocycles. The third kappa shape index (κ3) is 3.82. The molecular weight excluding hydrogens is 514 g/mol. The van der Waals surface area contributed by atoms with Gasteiger partial charge in [0.05, 0.1) is 31.7 Å². The van der Waals surface area contributed by atoms with Gasteiger partial charge < -0.3 is 19.9 Å². The highest BCUT2D eigenvalue weighted by molar-refractivity contribution is 6.32. The average Bonchev–Trinajstić information content (AvgIpc) is 3.48. The molecule has 0 radical (unpaired) electrons. The van der Waals surface area contributed by atoms with Crippen LogP contribution in [0.3, 0.4) is 0 Å². The van der Waals surface area contributed by atoms with Crippen molar-refractivity contribution in [2.45, 2.75) is 37.8 Å². The largest absolute Gasteiger partial charge is 0.493 e. The molecule has 2 fully saturated rings. The lowest BCUT2D eigenvalue weighted by atomic mass is 9.76. The molecule has 3 N–H and O–H groups in total. The zero-order chi connectivity index (χ0) is 27.4. The summed E-state index contributed by atoms with van der Waals surface area (Å²) in [5, 5.41) is 15.9. The monoisotopic (exact) mass is 541 g/mol. The minimum atomic E-state index is -1.50. The van der Waals surface area contributed by atoms with Gasteiger partial charge in [-0.25, -0.2) is 0 Å². The van der Waals surface area contributed by atoms with Gasteiger partial charge in [-0.15, -0.1) is 0 Å². The number of hydrogen-bond donors (Lipinski definition) is 3. The van der Waals surface area contributed by atoms with Gasteiger partial charge in [0.25, 0.3) is 0 Å². The molecule has 3 aliphatic heterocycles. The minimum Gasteiger partial charge on any atom is -0.493 e. The van der Waals surface area contributed by atoms with Crippen LogP contribution in [0.2, 0.25) is 5.02 Å². The number of ether oxygens (including phenoxy) is 2. The number of halogens is 1. The summed E-state index contributed by atoms with van der Waals surface area (Å²) in [6, 6.07) is 8.05. The van der Waals surface area contributed by atoms with E-state index in [-0.39, 0.29) is 19.4 Å². The second-order valence-corrected chi connectivity index (χ2v) is 10.2. The van der Waals surface area contributed by atoms with Crippen molar-refractivity contribution in [3.05, 3.63) is 52.0 Å². The summed E-state index contributed by atoms with van der Waals surface area (Å²) in [6.45, 7) is 1.88. The summed E-state index contributed by atoms with van der Waals surface area (Å²) in [6.07, 6.45) is 0.253. The molecule has 2 aromatic rings. The van der Waals surface area contributed by atoms with Crippen molar-refractivity contribution in [2.75, 3.05) is 26.1 Å². The van der Waals surface area contributed by atoms with E-state index in [4.69, 9.17) is 21.1 Å². The first-order valence-corrected chi connectivity index (χ1v) is 12.7. The summed E-state index contributed by atoms with van der Waals surface area (Å²) in [5.41, 5.74) is 1.05. The number of carbonyl (C=O) groups is 4. The first-order chi connectivity index (χ1) is 18.1. The maximum absolute atomic E-state index is 13.9. The molecule has 0 unspecified atom stereocenters. The van der Waals surface area contributed by atoms with Crippen molar-refractivity contribution in [2.24, 2.45) is 11.8 Å². The van der Waals surface area contributed by atoms with E-state index in [1.54, 1.807) is 31.2 Å². The highest BCUT2D eigenvalue weighted by Gasteiger charge is 2.70. The summed E-state index contributed by atoms with van der Waals surface area (Å²) in [4.78, 5) is 53.7. The van der Waals surface area contributed by atoms with Crippen LogP contribution >= 0.6 is 11.6 Å². The molecule has 10 nitrogen and oxygen atoms in total. The molecule has 200 valence electrons. The summed E-state index contributed by atoms with van der Waals surface area (Å²) in [5.74, 6) is -3.13. The normalized spacial score (nSPS) is 25.5. The highest BCUT2D eigenvalue weighted by Crippen LogP contribution is 2.54. The number of carboxylic acids is 1. The maximum Gasteiger partial charge on any atom is 0.303 e. The van der Waals surface area contributed by atoms with Crippen molar-refractivity contribution in [3.63, 3.8) is 0 Å². The Hall–Kier alpha value is -3.63. The molecule has 11 heteroatoms. The number of methoxy groups -OCH3 is 2. The predicted octanol–water partition coefficient (Wildman–Crippen LogP) is 2.49. The Morgan fingerprint density at radius 2 is 1.84 bits per heavy atom. The lowest BCUT2D eigenvalue weighted by Gasteiger charge is -2.29. The quantitative estimate of drug-likeness (QED) is 0.434. The van der Waals surface area contributed by atoms with Crippen LogP contribution in [-0.2, 0) is 31.1 Å². The smallest absolute Gasteiger partial charge is 0.303 e. The van der Waals surface area contributed by atoms with Crippen molar-refractivity contribution >= 4 is 41.0 Å². The van der Waals surface area contributed by atoms with Gasteiger partial charge in [-0.05, 0) is 49.1 Å². The molecule has 0 saturated carbocycles. The molecule has 4 atom stereocenters. The first kappa shape index (κ1) is 26.0. The molecule has 3 amide bonds. The van der Waals surface area contributed by atoms with E-state index in [2.05, 4.69) is 10.6 Å². The van der Waals surface area contributed by atoms with E-state index in [0.29, 0.717) is 39.8 Å². The van der Waals surface area contributed by atoms with E-state index >= 15 is 0 Å². The van der Waals surface area contributed by atoms with Crippen LogP contribution in [0.1, 0.15) is 29.5 Å². The van der Waals surface area contributed by atoms with Gasteiger partial charge in [-0.3, -0.25) is 29.4 Å². The van der Waals surface area contributed by atoms with Gasteiger partial charge in [0, 0.05) is 29.6 Å². The van der Waals surface area contributed by atoms with Gasteiger partial charge >= 0.3 is 5.97 Å². The molecule has 0 aromatic heterocycles. The number of carbonyl (C=O) groups excluding carboxylic acids is 3. The Bertz CT molecular complexity index is 1360. The molecule has 3 heterocycles. The number of anilines is 1. The molecule has 3 aliphatic rings. The summed E-state index contributed by atoms with van der Waals surface area (Å²) < 4.78 is 10.6. The van der Waals surface area contributed by atoms with Crippen LogP contribution in [0.5, 0.6) is 11.5 Å². The fraction of sp³-hybridized carbons (Fsp3) is 0.407. The number of rotatable bonds is 8. The number of carboxylic acid groups (broad SMARTS) is 1. The van der Waals surface area contributed by atoms with Crippen molar-refractivity contribution in [1.82, 2.24) is 10.2 Å². The number of nitrogens with zero attached hydrogens (tertiary/aromatic N) is 1. The van der Waals surface area contributed by atoms with Crippen molar-refractivity contribution < 1.29 is 33.8 Å². The molecule has 0 bridgehead atoms. The molecular formula is C27H28ClN3O7. The lowest BCUT2D eigenvalue weighted by molar-refractivity contribution is -0.143. The molecule has 2 aromatic carbocycles. The van der Waals surface area contributed by atoms with Crippen LogP contribution < -0.4 is 20.1 Å². The maximum atomic E-state index is 13.9. The van der Waals surface area contributed by atoms with Crippen molar-refractivity contribution in [3.8, 4) is 11.5 Å². The number of amides is 3. The van der Waals surface area contributed by atoms with Gasteiger partial charge in [-0.2, -0.15) is 0 Å². The van der Waals surface area contributed by atoms with Crippen LogP contribution in [0.25, 0.3) is 0 Å². The van der Waals surface area contributed by atoms with Crippen LogP contribution in [0, 0.1) is 18.8 Å². The van der Waals surface area contributed by atoms with Gasteiger partial charge in [0.2, 0.25) is 17.7 Å². The van der Waals surface area contributed by atoms with E-state index in [1.807, 2.05) is 6.07 Å². The molecule has 1 spiro atoms. The Morgan fingerprint density at radius 1 is 1.11 bits per heavy atom. The van der Waals surface area contributed by atoms with Crippen molar-refractivity contribution in [1.29, 1.82) is 0 Å². The Labute approximate surface area is 224 Å². The number of hydrogen-bond acceptors (Lipinski definition) is 7. The van der Waals surface area contributed by atoms with E-state index in [0.717, 1.165) is 5.56 Å². The summed E-state index contributed by atoms with van der Waals surface area (Å²) >= 11 is 6.29. The van der Waals surface area contributed by atoms with E-state index in [9.17, 15) is 24.3 Å². The number of benzene rings is 2. The van der Waals surface area contributed by atoms with Gasteiger partial charge in [-0.1, -0.05) is 23.7 Å². The van der Waals surface area contributed by atoms with Crippen LogP contribution in [0.4, 0.5) is 5.69 Å². The fourth-order valence-corrected chi connectivity index (χ4v) is 6.23. The third-order valence-corrected chi connectivity index (χ3v) is 8.33. The molecule has 38 heavy (non-hydrogen) atoms. The second-order valence-electron chi connectivity index (χ2n) is 9.81. The standard InChI is InChI=1S/C27H28ClN3O7/c1-13-16(28)6-5-15-23(13)29-26(36)27(15)22-21(17(30-27)7-9-20(32)33)24(34)31(25(22)35)11-10-14-4-8-18(37-2)19(12-14)38-3/h4-6,8,12,17,21-22,30H,7,9-11H2,1-3H3,(H,29,36)(H,32,33)/t17-,21+,22+,27-/m0/s1. The Kier molecular flexibility index (Phi) is 6.56. The molecule has 0 aliphatic carbocycles. The zero-order valence-corrected chi connectivity index (χ0v) is 21.9. The zero-order valence-electron chi connectivity index (χ0n) is 21.2. The Morgan fingerprint density at radius 3 is 2.53 bits per heavy atom. The Balaban J connectivity index is 1.50. The SMILES string of the molecule is COc1ccc(CCN2C(=O)[C@@H]3[C@H](CCC(=O)O)N[C@]4(C(=O)Nc5c4ccc(Cl)c5C)[C@H]3C2=O)cc1OC. The van der Waals surface area contributed by atoms with E-state index in [1.165, 1.54) is 19.1 Å². The number of imide groups is 1. The summed E-state index contributed by atoms with van der Waals surface area (Å²) in [7, 11) is 3.06. The number of fused-ring (bicyclic) bond motifs is 4. The van der Waals surface area contributed by atoms with Crippen LogP contribution in [0.15, 0.2) is 30.3 Å². The average molecular weight is 542 g/mol. The van der Waals surface area contributed by atoms with Crippen LogP contribution in [-0.4, -0.2) is 60.5 Å². The number of likely N-dealkylation sites (tertiary alicyclic amines) is 1. The number of aliphatic carboxylic acids is 1. The second kappa shape index (κ2) is 9.59. The first-order valence-electron chi connectivity index (χ1n) is 12.3. The third-order valence-electron chi connectivity index (χ3n) is 7.92. The topological polar surface area (TPSA) is 134 Å². The van der Waals surface area contributed by atoms with Gasteiger partial charge in [0.15, 0.2) is 11.5 Å². The van der Waals surface area contributed by atoms with Gasteiger partial charge in [0.1, 0.15) is 5.54 Å². The van der Waals surface area contributed by atoms with E-state index < -0.39 is 47.1 Å². The fourth-order valence-electron chi connectivity index (χ4n) is 6.07. The minimum absolute atomic E-state index is 0.0932. The molecule has 5 rings (SSSR count). The lowest BCUT2D eigenvalue weighted by Crippen LogP contribution is -2.53.